The average Bonchev–Trinajstić information content (AvgIpc) is 2.63. The minimum absolute atomic E-state index is 0.0543. The Kier molecular flexibility index (Phi) is 4.66. The van der Waals surface area contributed by atoms with Crippen molar-refractivity contribution in [1.29, 1.82) is 0 Å². The highest BCUT2D eigenvalue weighted by atomic mass is 16.7. The maximum Gasteiger partial charge on any atom is 0.514 e. The second-order valence-electron chi connectivity index (χ2n) is 5.36. The Balaban J connectivity index is 2.09. The molecule has 0 fully saturated rings. The van der Waals surface area contributed by atoms with Crippen molar-refractivity contribution >= 4 is 17.1 Å². The molecular formula is C20H16O5. The monoisotopic (exact) mass is 336 g/mol. The Bertz CT molecular complexity index is 986. The van der Waals surface area contributed by atoms with Gasteiger partial charge in [-0.25, -0.2) is 9.59 Å². The standard InChI is InChI=1S/C20H16O5/c1-3-11-23-20(22)24-17-10-9-15-16(14-7-5-4-6-8-14)12-18(21)25-19(15)13(17)2/h3-10,12H,1,11H2,2H3. The largest absolute Gasteiger partial charge is 0.514 e. The summed E-state index contributed by atoms with van der Waals surface area (Å²) in [6.45, 7) is 5.24. The van der Waals surface area contributed by atoms with E-state index >= 15 is 0 Å². The molecule has 0 N–H and O–H groups in total. The lowest BCUT2D eigenvalue weighted by atomic mass is 10.0. The molecule has 0 saturated heterocycles. The summed E-state index contributed by atoms with van der Waals surface area (Å²) in [6.07, 6.45) is 0.601. The van der Waals surface area contributed by atoms with E-state index in [0.29, 0.717) is 11.1 Å². The van der Waals surface area contributed by atoms with Gasteiger partial charge in [0.15, 0.2) is 0 Å². The molecule has 0 aliphatic rings. The summed E-state index contributed by atoms with van der Waals surface area (Å²) < 4.78 is 15.3. The predicted molar refractivity (Wildman–Crippen MR) is 94.8 cm³/mol. The van der Waals surface area contributed by atoms with Gasteiger partial charge < -0.3 is 13.9 Å². The topological polar surface area (TPSA) is 65.7 Å². The molecular weight excluding hydrogens is 320 g/mol. The number of hydrogen-bond donors (Lipinski definition) is 0. The van der Waals surface area contributed by atoms with E-state index in [2.05, 4.69) is 6.58 Å². The van der Waals surface area contributed by atoms with Gasteiger partial charge in [0, 0.05) is 17.0 Å². The second kappa shape index (κ2) is 7.05. The van der Waals surface area contributed by atoms with E-state index in [4.69, 9.17) is 13.9 Å². The van der Waals surface area contributed by atoms with Gasteiger partial charge in [-0.2, -0.15) is 0 Å². The lowest BCUT2D eigenvalue weighted by Gasteiger charge is -2.11. The lowest BCUT2D eigenvalue weighted by molar-refractivity contribution is 0.109. The maximum absolute atomic E-state index is 12.0. The van der Waals surface area contributed by atoms with E-state index in [9.17, 15) is 9.59 Å². The van der Waals surface area contributed by atoms with Gasteiger partial charge in [-0.3, -0.25) is 0 Å². The molecule has 25 heavy (non-hydrogen) atoms. The SMILES string of the molecule is C=CCOC(=O)Oc1ccc2c(-c3ccccc3)cc(=O)oc2c1C. The van der Waals surface area contributed by atoms with Crippen LogP contribution in [0, 0.1) is 6.92 Å². The van der Waals surface area contributed by atoms with Crippen LogP contribution in [0.15, 0.2) is 70.4 Å². The molecule has 126 valence electrons. The van der Waals surface area contributed by atoms with Crippen LogP contribution in [0.1, 0.15) is 5.56 Å². The van der Waals surface area contributed by atoms with Gasteiger partial charge in [0.1, 0.15) is 17.9 Å². The van der Waals surface area contributed by atoms with E-state index in [1.54, 1.807) is 19.1 Å². The first-order valence-electron chi connectivity index (χ1n) is 7.68. The molecule has 1 aromatic heterocycles. The van der Waals surface area contributed by atoms with Crippen LogP contribution >= 0.6 is 0 Å². The van der Waals surface area contributed by atoms with Gasteiger partial charge in [0.05, 0.1) is 0 Å². The smallest absolute Gasteiger partial charge is 0.430 e. The average molecular weight is 336 g/mol. The Morgan fingerprint density at radius 1 is 1.20 bits per heavy atom. The van der Waals surface area contributed by atoms with Crippen molar-refractivity contribution in [3.05, 3.63) is 77.2 Å². The van der Waals surface area contributed by atoms with Crippen LogP contribution in [0.2, 0.25) is 0 Å². The van der Waals surface area contributed by atoms with Gasteiger partial charge in [-0.15, -0.1) is 0 Å². The first-order valence-corrected chi connectivity index (χ1v) is 7.68. The van der Waals surface area contributed by atoms with Crippen LogP contribution in [0.3, 0.4) is 0 Å². The maximum atomic E-state index is 12.0. The normalized spacial score (nSPS) is 10.4. The zero-order chi connectivity index (χ0) is 17.8. The van der Waals surface area contributed by atoms with Crippen molar-refractivity contribution < 1.29 is 18.7 Å². The molecule has 0 spiro atoms. The number of fused-ring (bicyclic) bond motifs is 1. The van der Waals surface area contributed by atoms with E-state index in [1.807, 2.05) is 30.3 Å². The number of hydrogen-bond acceptors (Lipinski definition) is 5. The Morgan fingerprint density at radius 2 is 1.96 bits per heavy atom. The van der Waals surface area contributed by atoms with Gasteiger partial charge >= 0.3 is 11.8 Å². The number of benzene rings is 2. The third-order valence-corrected chi connectivity index (χ3v) is 3.71. The van der Waals surface area contributed by atoms with Crippen molar-refractivity contribution in [1.82, 2.24) is 0 Å². The predicted octanol–water partition coefficient (Wildman–Crippen LogP) is 4.47. The van der Waals surface area contributed by atoms with E-state index in [0.717, 1.165) is 16.5 Å². The molecule has 2 aromatic carbocycles. The minimum atomic E-state index is -0.844. The van der Waals surface area contributed by atoms with Crippen LogP contribution in [0.5, 0.6) is 5.75 Å². The highest BCUT2D eigenvalue weighted by molar-refractivity contribution is 5.95. The molecule has 3 rings (SSSR count). The summed E-state index contributed by atoms with van der Waals surface area (Å²) in [6, 6.07) is 14.4. The third kappa shape index (κ3) is 3.45. The summed E-state index contributed by atoms with van der Waals surface area (Å²) in [5, 5.41) is 0.759. The van der Waals surface area contributed by atoms with E-state index in [1.165, 1.54) is 12.1 Å². The van der Waals surface area contributed by atoms with Crippen molar-refractivity contribution in [2.45, 2.75) is 6.92 Å². The third-order valence-electron chi connectivity index (χ3n) is 3.71. The number of carbonyl (C=O) groups is 1. The Labute approximate surface area is 144 Å². The van der Waals surface area contributed by atoms with Crippen LogP contribution in [0.25, 0.3) is 22.1 Å². The van der Waals surface area contributed by atoms with E-state index in [-0.39, 0.29) is 12.4 Å². The highest BCUT2D eigenvalue weighted by Gasteiger charge is 2.15. The summed E-state index contributed by atoms with van der Waals surface area (Å²) in [7, 11) is 0. The first kappa shape index (κ1) is 16.5. The molecule has 0 unspecified atom stereocenters. The van der Waals surface area contributed by atoms with Crippen LogP contribution in [-0.2, 0) is 4.74 Å². The number of carbonyl (C=O) groups excluding carboxylic acids is 1. The summed E-state index contributed by atoms with van der Waals surface area (Å²) in [5.41, 5.74) is 2.11. The van der Waals surface area contributed by atoms with Crippen molar-refractivity contribution in [3.8, 4) is 16.9 Å². The molecule has 0 amide bonds. The van der Waals surface area contributed by atoms with Crippen LogP contribution < -0.4 is 10.4 Å². The van der Waals surface area contributed by atoms with Crippen molar-refractivity contribution in [2.75, 3.05) is 6.61 Å². The number of rotatable bonds is 4. The lowest BCUT2D eigenvalue weighted by Crippen LogP contribution is -2.11. The van der Waals surface area contributed by atoms with Crippen molar-refractivity contribution in [3.63, 3.8) is 0 Å². The first-order chi connectivity index (χ1) is 12.1. The molecule has 3 aromatic rings. The molecule has 0 radical (unpaired) electrons. The van der Waals surface area contributed by atoms with Crippen molar-refractivity contribution in [2.24, 2.45) is 0 Å². The highest BCUT2D eigenvalue weighted by Crippen LogP contribution is 2.33. The van der Waals surface area contributed by atoms with Gasteiger partial charge in [0.2, 0.25) is 0 Å². The fourth-order valence-electron chi connectivity index (χ4n) is 2.56. The Morgan fingerprint density at radius 3 is 2.68 bits per heavy atom. The minimum Gasteiger partial charge on any atom is -0.430 e. The fourth-order valence-corrected chi connectivity index (χ4v) is 2.56. The molecule has 0 saturated carbocycles. The Hall–Kier alpha value is -3.34. The summed E-state index contributed by atoms with van der Waals surface area (Å²) >= 11 is 0. The second-order valence-corrected chi connectivity index (χ2v) is 5.36. The molecule has 0 aliphatic heterocycles. The number of aryl methyl sites for hydroxylation is 1. The van der Waals surface area contributed by atoms with E-state index < -0.39 is 11.8 Å². The molecule has 1 heterocycles. The van der Waals surface area contributed by atoms with Gasteiger partial charge in [0.25, 0.3) is 0 Å². The summed E-state index contributed by atoms with van der Waals surface area (Å²) in [5.74, 6) is 0.273. The van der Waals surface area contributed by atoms with Gasteiger partial charge in [-0.05, 0) is 30.2 Å². The molecule has 5 nitrogen and oxygen atoms in total. The fraction of sp³-hybridized carbons (Fsp3) is 0.100. The molecule has 0 aliphatic carbocycles. The quantitative estimate of drug-likeness (QED) is 0.304. The molecule has 0 bridgehead atoms. The zero-order valence-electron chi connectivity index (χ0n) is 13.7. The zero-order valence-corrected chi connectivity index (χ0v) is 13.7. The van der Waals surface area contributed by atoms with Crippen LogP contribution in [0.4, 0.5) is 4.79 Å². The molecule has 0 atom stereocenters. The van der Waals surface area contributed by atoms with Crippen LogP contribution in [-0.4, -0.2) is 12.8 Å². The summed E-state index contributed by atoms with van der Waals surface area (Å²) in [4.78, 5) is 23.6. The van der Waals surface area contributed by atoms with Gasteiger partial charge in [-0.1, -0.05) is 43.0 Å². The molecule has 5 heteroatoms. The number of ether oxygens (including phenoxy) is 2.